The molecule has 1 aliphatic carbocycles. The van der Waals surface area contributed by atoms with Gasteiger partial charge in [-0.05, 0) is 37.2 Å². The van der Waals surface area contributed by atoms with E-state index in [0.717, 1.165) is 19.3 Å². The molecular weight excluding hydrogens is 456 g/mol. The highest BCUT2D eigenvalue weighted by atomic mass is 32.2. The number of sulfonamides is 1. The van der Waals surface area contributed by atoms with Gasteiger partial charge < -0.3 is 9.42 Å². The van der Waals surface area contributed by atoms with Gasteiger partial charge in [0.1, 0.15) is 6.17 Å². The van der Waals surface area contributed by atoms with E-state index in [0.29, 0.717) is 30.7 Å². The van der Waals surface area contributed by atoms with Crippen LogP contribution < -0.4 is 4.72 Å². The molecule has 2 aliphatic rings. The molecule has 34 heavy (non-hydrogen) atoms. The molecule has 10 heteroatoms. The van der Waals surface area contributed by atoms with E-state index in [1.54, 1.807) is 29.2 Å². The summed E-state index contributed by atoms with van der Waals surface area (Å²) in [5.74, 6) is 0.0369. The van der Waals surface area contributed by atoms with Crippen LogP contribution >= 0.6 is 0 Å². The first kappa shape index (κ1) is 24.5. The van der Waals surface area contributed by atoms with Crippen LogP contribution in [-0.4, -0.2) is 41.7 Å². The second-order valence-corrected chi connectivity index (χ2v) is 11.2. The zero-order chi connectivity index (χ0) is 24.3. The number of fused-ring (bicyclic) bond motifs is 1. The third-order valence-corrected chi connectivity index (χ3v) is 8.47. The van der Waals surface area contributed by atoms with Crippen LogP contribution in [0.5, 0.6) is 0 Å². The number of carbonyl (C=O) groups excluding carboxylic acids is 2. The summed E-state index contributed by atoms with van der Waals surface area (Å²) in [5, 5.41) is 3.75. The summed E-state index contributed by atoms with van der Waals surface area (Å²) in [5.41, 5.74) is 0.707. The fourth-order valence-electron chi connectivity index (χ4n) is 4.91. The molecule has 0 radical (unpaired) electrons. The Morgan fingerprint density at radius 2 is 1.94 bits per heavy atom. The highest BCUT2D eigenvalue weighted by Gasteiger charge is 2.39. The maximum absolute atomic E-state index is 13.4. The summed E-state index contributed by atoms with van der Waals surface area (Å²) in [6.45, 7) is 4.32. The minimum absolute atomic E-state index is 0.0317. The molecule has 1 atom stereocenters. The Kier molecular flexibility index (Phi) is 7.18. The molecule has 9 nitrogen and oxygen atoms in total. The predicted molar refractivity (Wildman–Crippen MR) is 124 cm³/mol. The zero-order valence-corrected chi connectivity index (χ0v) is 20.6. The molecule has 0 saturated heterocycles. The average Bonchev–Trinajstić information content (AvgIpc) is 3.54. The first-order valence-corrected chi connectivity index (χ1v) is 13.5. The van der Waals surface area contributed by atoms with Crippen LogP contribution in [0.4, 0.5) is 0 Å². The fourth-order valence-corrected chi connectivity index (χ4v) is 6.34. The summed E-state index contributed by atoms with van der Waals surface area (Å²) < 4.78 is 33.0. The molecule has 1 amide bonds. The van der Waals surface area contributed by atoms with Gasteiger partial charge >= 0.3 is 0 Å². The van der Waals surface area contributed by atoms with Gasteiger partial charge in [0.15, 0.2) is 5.82 Å². The molecule has 184 valence electrons. The van der Waals surface area contributed by atoms with Crippen molar-refractivity contribution >= 4 is 21.7 Å². The fraction of sp³-hybridized carbons (Fsp3) is 0.583. The van der Waals surface area contributed by atoms with Crippen molar-refractivity contribution in [2.75, 3.05) is 6.54 Å². The smallest absolute Gasteiger partial charge is 0.293 e. The number of Topliss-reactive ketones (excluding diaryl/α,β-unsaturated/α-hetero) is 1. The second kappa shape index (κ2) is 9.95. The third kappa shape index (κ3) is 5.22. The van der Waals surface area contributed by atoms with Gasteiger partial charge in [-0.15, -0.1) is 0 Å². The third-order valence-electron chi connectivity index (χ3n) is 6.98. The van der Waals surface area contributed by atoms with Crippen molar-refractivity contribution in [3.05, 3.63) is 41.5 Å². The molecule has 1 saturated carbocycles. The molecule has 1 unspecified atom stereocenters. The molecule has 4 rings (SSSR count). The molecule has 2 heterocycles. The number of aromatic nitrogens is 2. The van der Waals surface area contributed by atoms with Crippen molar-refractivity contribution in [1.82, 2.24) is 19.8 Å². The number of benzene rings is 1. The van der Waals surface area contributed by atoms with E-state index in [1.807, 2.05) is 6.92 Å². The predicted octanol–water partition coefficient (Wildman–Crippen LogP) is 3.77. The van der Waals surface area contributed by atoms with Crippen molar-refractivity contribution in [1.29, 1.82) is 0 Å². The number of rotatable bonds is 10. The number of carbonyl (C=O) groups is 2. The number of aryl methyl sites for hydroxylation is 1. The summed E-state index contributed by atoms with van der Waals surface area (Å²) in [6.07, 6.45) is 5.95. The van der Waals surface area contributed by atoms with E-state index in [2.05, 4.69) is 21.8 Å². The summed E-state index contributed by atoms with van der Waals surface area (Å²) in [4.78, 5) is 31.7. The van der Waals surface area contributed by atoms with Gasteiger partial charge in [0.2, 0.25) is 21.7 Å². The van der Waals surface area contributed by atoms with Gasteiger partial charge in [-0.25, -0.2) is 8.42 Å². The lowest BCUT2D eigenvalue weighted by atomic mass is 9.83. The number of hydrogen-bond donors (Lipinski definition) is 1. The maximum Gasteiger partial charge on any atom is 0.293 e. The van der Waals surface area contributed by atoms with Gasteiger partial charge in [0.25, 0.3) is 5.89 Å². The number of amides is 1. The van der Waals surface area contributed by atoms with Crippen molar-refractivity contribution in [3.8, 4) is 0 Å². The SMILES string of the molecule is CCc1noc(C(=O)CCCN(C(=O)CCC2(C)CCCC2)C2NS(=O)(=O)c3ccccc32)n1. The Morgan fingerprint density at radius 1 is 1.21 bits per heavy atom. The quantitative estimate of drug-likeness (QED) is 0.505. The van der Waals surface area contributed by atoms with Gasteiger partial charge in [-0.1, -0.05) is 50.0 Å². The van der Waals surface area contributed by atoms with Crippen LogP contribution in [0.15, 0.2) is 33.7 Å². The molecule has 1 aromatic heterocycles. The number of hydrogen-bond acceptors (Lipinski definition) is 7. The molecule has 0 spiro atoms. The Balaban J connectivity index is 1.48. The van der Waals surface area contributed by atoms with Gasteiger partial charge in [0.05, 0.1) is 4.90 Å². The topological polar surface area (TPSA) is 122 Å². The summed E-state index contributed by atoms with van der Waals surface area (Å²) in [7, 11) is -3.70. The van der Waals surface area contributed by atoms with Crippen molar-refractivity contribution in [3.63, 3.8) is 0 Å². The average molecular weight is 489 g/mol. The first-order chi connectivity index (χ1) is 16.2. The van der Waals surface area contributed by atoms with Gasteiger partial charge in [-0.2, -0.15) is 9.71 Å². The van der Waals surface area contributed by atoms with E-state index in [1.165, 1.54) is 12.8 Å². The first-order valence-electron chi connectivity index (χ1n) is 12.0. The normalized spacial score (nSPS) is 20.2. The largest absolute Gasteiger partial charge is 0.331 e. The van der Waals surface area contributed by atoms with Gasteiger partial charge in [-0.3, -0.25) is 9.59 Å². The minimum Gasteiger partial charge on any atom is -0.331 e. The van der Waals surface area contributed by atoms with Crippen molar-refractivity contribution in [2.45, 2.75) is 82.7 Å². The molecule has 0 bridgehead atoms. The lowest BCUT2D eigenvalue weighted by Gasteiger charge is -2.31. The summed E-state index contributed by atoms with van der Waals surface area (Å²) >= 11 is 0. The lowest BCUT2D eigenvalue weighted by Crippen LogP contribution is -2.41. The van der Waals surface area contributed by atoms with E-state index in [-0.39, 0.29) is 40.9 Å². The molecule has 1 N–H and O–H groups in total. The van der Waals surface area contributed by atoms with Crippen molar-refractivity contribution < 1.29 is 22.5 Å². The standard InChI is InChI=1S/C24H32N4O5S/c1-3-20-25-23(33-26-20)18(29)10-8-16-28(21(30)12-15-24(2)13-6-7-14-24)22-17-9-4-5-11-19(17)34(31,32)27-22/h4-5,9,11,22,27H,3,6-8,10,12-16H2,1-2H3. The number of ketones is 1. The zero-order valence-electron chi connectivity index (χ0n) is 19.7. The van der Waals surface area contributed by atoms with Crippen LogP contribution in [0.25, 0.3) is 0 Å². The highest BCUT2D eigenvalue weighted by Crippen LogP contribution is 2.42. The molecule has 1 aromatic carbocycles. The Morgan fingerprint density at radius 3 is 2.65 bits per heavy atom. The van der Waals surface area contributed by atoms with Crippen molar-refractivity contribution in [2.24, 2.45) is 5.41 Å². The van der Waals surface area contributed by atoms with E-state index in [9.17, 15) is 18.0 Å². The monoisotopic (exact) mass is 488 g/mol. The van der Waals surface area contributed by atoms with E-state index in [4.69, 9.17) is 4.52 Å². The maximum atomic E-state index is 13.4. The Hall–Kier alpha value is -2.59. The molecule has 1 fully saturated rings. The van der Waals surface area contributed by atoms with Crippen LogP contribution in [0, 0.1) is 5.41 Å². The highest BCUT2D eigenvalue weighted by molar-refractivity contribution is 7.89. The summed E-state index contributed by atoms with van der Waals surface area (Å²) in [6, 6.07) is 6.71. The van der Waals surface area contributed by atoms with E-state index < -0.39 is 16.2 Å². The van der Waals surface area contributed by atoms with E-state index >= 15 is 0 Å². The number of nitrogens with one attached hydrogen (secondary N) is 1. The molecular formula is C24H32N4O5S. The minimum atomic E-state index is -3.70. The van der Waals surface area contributed by atoms with Crippen LogP contribution in [-0.2, 0) is 21.2 Å². The Labute approximate surface area is 200 Å². The molecule has 2 aromatic rings. The van der Waals surface area contributed by atoms with Crippen LogP contribution in [0.3, 0.4) is 0 Å². The Bertz CT molecular complexity index is 1150. The number of nitrogens with zero attached hydrogens (tertiary/aromatic N) is 3. The van der Waals surface area contributed by atoms with Crippen LogP contribution in [0.1, 0.15) is 93.5 Å². The van der Waals surface area contributed by atoms with Gasteiger partial charge in [0, 0.05) is 31.4 Å². The second-order valence-electron chi connectivity index (χ2n) is 9.56. The van der Waals surface area contributed by atoms with Crippen LogP contribution in [0.2, 0.25) is 0 Å². The molecule has 1 aliphatic heterocycles. The lowest BCUT2D eigenvalue weighted by molar-refractivity contribution is -0.134.